The predicted octanol–water partition coefficient (Wildman–Crippen LogP) is 3.29. The Labute approximate surface area is 222 Å². The lowest BCUT2D eigenvalue weighted by molar-refractivity contribution is -0.145. The highest BCUT2D eigenvalue weighted by atomic mass is 19.4. The lowest BCUT2D eigenvalue weighted by atomic mass is 9.96. The van der Waals surface area contributed by atoms with Gasteiger partial charge in [0.25, 0.3) is 5.91 Å². The van der Waals surface area contributed by atoms with Crippen molar-refractivity contribution in [3.63, 3.8) is 0 Å². The van der Waals surface area contributed by atoms with Crippen LogP contribution in [0.2, 0.25) is 0 Å². The van der Waals surface area contributed by atoms with Crippen LogP contribution in [0.3, 0.4) is 0 Å². The van der Waals surface area contributed by atoms with Crippen molar-refractivity contribution in [1.29, 1.82) is 0 Å². The molecule has 0 bridgehead atoms. The molecule has 1 atom stereocenters. The normalized spacial score (nSPS) is 19.7. The summed E-state index contributed by atoms with van der Waals surface area (Å²) in [7, 11) is 0. The van der Waals surface area contributed by atoms with Crippen molar-refractivity contribution in [2.24, 2.45) is 4.99 Å². The highest BCUT2D eigenvalue weighted by Gasteiger charge is 2.44. The van der Waals surface area contributed by atoms with Gasteiger partial charge in [-0.25, -0.2) is 9.50 Å². The molecule has 206 valence electrons. The van der Waals surface area contributed by atoms with Gasteiger partial charge in [0.1, 0.15) is 23.9 Å². The fraction of sp³-hybridized carbons (Fsp3) is 0.423. The SMILES string of the molecule is CC(=O)N1CCN(c2cccc(-c3cc(C4CN=C(C)N4CC(F)(F)F)c4c(N)ncnn34)c2)C(=O)C1(C)C. The van der Waals surface area contributed by atoms with Crippen molar-refractivity contribution in [3.8, 4) is 11.3 Å². The second-order valence-corrected chi connectivity index (χ2v) is 10.3. The predicted molar refractivity (Wildman–Crippen MR) is 140 cm³/mol. The minimum absolute atomic E-state index is 0.135. The van der Waals surface area contributed by atoms with E-state index in [1.54, 1.807) is 53.3 Å². The van der Waals surface area contributed by atoms with E-state index in [1.807, 2.05) is 12.1 Å². The monoisotopic (exact) mass is 542 g/mol. The second kappa shape index (κ2) is 9.24. The van der Waals surface area contributed by atoms with Gasteiger partial charge in [-0.1, -0.05) is 12.1 Å². The van der Waals surface area contributed by atoms with E-state index in [0.29, 0.717) is 47.0 Å². The summed E-state index contributed by atoms with van der Waals surface area (Å²) in [5, 5.41) is 4.36. The van der Waals surface area contributed by atoms with Gasteiger partial charge >= 0.3 is 6.18 Å². The number of nitrogens with two attached hydrogens (primary N) is 1. The van der Waals surface area contributed by atoms with Gasteiger partial charge in [0.2, 0.25) is 5.91 Å². The maximum absolute atomic E-state index is 13.4. The van der Waals surface area contributed by atoms with Crippen LogP contribution in [0, 0.1) is 0 Å². The molecule has 1 fully saturated rings. The van der Waals surface area contributed by atoms with Crippen LogP contribution >= 0.6 is 0 Å². The van der Waals surface area contributed by atoms with Crippen molar-refractivity contribution in [3.05, 3.63) is 42.2 Å². The van der Waals surface area contributed by atoms with Gasteiger partial charge in [-0.3, -0.25) is 14.6 Å². The third kappa shape index (κ3) is 4.55. The lowest BCUT2D eigenvalue weighted by Crippen LogP contribution is -2.64. The van der Waals surface area contributed by atoms with Crippen molar-refractivity contribution in [1.82, 2.24) is 24.4 Å². The maximum atomic E-state index is 13.4. The first kappa shape index (κ1) is 26.4. The minimum atomic E-state index is -4.42. The zero-order valence-corrected chi connectivity index (χ0v) is 22.0. The molecule has 2 aliphatic rings. The highest BCUT2D eigenvalue weighted by Crippen LogP contribution is 2.38. The number of aromatic nitrogens is 3. The number of carbonyl (C=O) groups is 2. The van der Waals surface area contributed by atoms with Crippen LogP contribution in [-0.4, -0.2) is 79.9 Å². The number of fused-ring (bicyclic) bond motifs is 1. The molecule has 5 rings (SSSR count). The molecule has 0 radical (unpaired) electrons. The average molecular weight is 543 g/mol. The quantitative estimate of drug-likeness (QED) is 0.542. The molecule has 13 heteroatoms. The number of rotatable bonds is 4. The summed E-state index contributed by atoms with van der Waals surface area (Å²) >= 11 is 0. The van der Waals surface area contributed by atoms with E-state index in [1.165, 1.54) is 18.2 Å². The number of nitrogens with zero attached hydrogens (tertiary/aromatic N) is 7. The van der Waals surface area contributed by atoms with Gasteiger partial charge in [-0.15, -0.1) is 0 Å². The molecule has 0 spiro atoms. The molecule has 2 aromatic heterocycles. The zero-order chi connectivity index (χ0) is 28.3. The van der Waals surface area contributed by atoms with Crippen molar-refractivity contribution in [2.75, 3.05) is 36.8 Å². The number of benzene rings is 1. The number of amides is 2. The van der Waals surface area contributed by atoms with Crippen LogP contribution in [-0.2, 0) is 9.59 Å². The first-order valence-corrected chi connectivity index (χ1v) is 12.5. The molecule has 2 aliphatic heterocycles. The summed E-state index contributed by atoms with van der Waals surface area (Å²) in [5.41, 5.74) is 8.05. The number of alkyl halides is 3. The van der Waals surface area contributed by atoms with Crippen molar-refractivity contribution in [2.45, 2.75) is 45.5 Å². The number of halogens is 3. The molecule has 1 saturated heterocycles. The number of piperazine rings is 1. The first-order valence-electron chi connectivity index (χ1n) is 12.5. The molecular weight excluding hydrogens is 513 g/mol. The first-order chi connectivity index (χ1) is 18.3. The summed E-state index contributed by atoms with van der Waals surface area (Å²) in [5.74, 6) is 0.0457. The Morgan fingerprint density at radius 3 is 2.64 bits per heavy atom. The van der Waals surface area contributed by atoms with Crippen LogP contribution in [0.4, 0.5) is 24.7 Å². The topological polar surface area (TPSA) is 112 Å². The fourth-order valence-electron chi connectivity index (χ4n) is 5.53. The third-order valence-corrected chi connectivity index (χ3v) is 7.43. The van der Waals surface area contributed by atoms with Gasteiger partial charge in [0, 0.05) is 36.8 Å². The van der Waals surface area contributed by atoms with Gasteiger partial charge < -0.3 is 20.4 Å². The molecule has 2 amide bonds. The molecule has 4 heterocycles. The summed E-state index contributed by atoms with van der Waals surface area (Å²) < 4.78 is 41.8. The van der Waals surface area contributed by atoms with Gasteiger partial charge in [-0.2, -0.15) is 18.3 Å². The van der Waals surface area contributed by atoms with Crippen LogP contribution in [0.5, 0.6) is 0 Å². The molecular formula is C26H29F3N8O2. The average Bonchev–Trinajstić information content (AvgIpc) is 3.41. The molecule has 2 N–H and O–H groups in total. The van der Waals surface area contributed by atoms with E-state index in [0.717, 1.165) is 0 Å². The minimum Gasteiger partial charge on any atom is -0.382 e. The van der Waals surface area contributed by atoms with Crippen LogP contribution < -0.4 is 10.6 Å². The summed E-state index contributed by atoms with van der Waals surface area (Å²) in [6.45, 7) is 6.14. The number of anilines is 2. The Kier molecular flexibility index (Phi) is 6.27. The van der Waals surface area contributed by atoms with Crippen LogP contribution in [0.15, 0.2) is 41.7 Å². The molecule has 0 aliphatic carbocycles. The Morgan fingerprint density at radius 2 is 1.95 bits per heavy atom. The third-order valence-electron chi connectivity index (χ3n) is 7.43. The molecule has 10 nitrogen and oxygen atoms in total. The molecule has 0 saturated carbocycles. The number of carbonyl (C=O) groups excluding carboxylic acids is 2. The van der Waals surface area contributed by atoms with E-state index in [2.05, 4.69) is 15.1 Å². The van der Waals surface area contributed by atoms with Crippen molar-refractivity contribution >= 4 is 34.7 Å². The fourth-order valence-corrected chi connectivity index (χ4v) is 5.53. The standard InChI is InChI=1S/C26H29F3N8O2/c1-15-31-12-21(35(15)13-26(27,28)29)19-11-20(37-22(19)23(30)32-14-33-37)17-6-5-7-18(10-17)34-8-9-36(16(2)38)25(3,4)24(34)39/h5-7,10-11,14,21H,8-9,12-13H2,1-4H3,(H2,30,32,33). The number of hydrogen-bond donors (Lipinski definition) is 1. The molecule has 1 unspecified atom stereocenters. The van der Waals surface area contributed by atoms with Crippen molar-refractivity contribution < 1.29 is 22.8 Å². The van der Waals surface area contributed by atoms with E-state index in [4.69, 9.17) is 5.73 Å². The number of aliphatic imine (C=N–C) groups is 1. The summed E-state index contributed by atoms with van der Waals surface area (Å²) in [6, 6.07) is 8.32. The molecule has 1 aromatic carbocycles. The summed E-state index contributed by atoms with van der Waals surface area (Å²) in [6.07, 6.45) is -3.13. The maximum Gasteiger partial charge on any atom is 0.405 e. The van der Waals surface area contributed by atoms with Crippen LogP contribution in [0.25, 0.3) is 16.8 Å². The van der Waals surface area contributed by atoms with E-state index < -0.39 is 24.3 Å². The number of hydrogen-bond acceptors (Lipinski definition) is 7. The highest BCUT2D eigenvalue weighted by molar-refractivity contribution is 6.03. The largest absolute Gasteiger partial charge is 0.405 e. The van der Waals surface area contributed by atoms with E-state index in [9.17, 15) is 22.8 Å². The van der Waals surface area contributed by atoms with Gasteiger partial charge in [-0.05, 0) is 39.0 Å². The Morgan fingerprint density at radius 1 is 1.21 bits per heavy atom. The van der Waals surface area contributed by atoms with Gasteiger partial charge in [0.05, 0.1) is 24.1 Å². The lowest BCUT2D eigenvalue weighted by Gasteiger charge is -2.45. The molecule has 39 heavy (non-hydrogen) atoms. The van der Waals surface area contributed by atoms with E-state index in [-0.39, 0.29) is 24.2 Å². The summed E-state index contributed by atoms with van der Waals surface area (Å²) in [4.78, 5) is 38.3. The van der Waals surface area contributed by atoms with Gasteiger partial charge in [0.15, 0.2) is 5.82 Å². The Bertz CT molecular complexity index is 1500. The number of amidine groups is 1. The van der Waals surface area contributed by atoms with Crippen LogP contribution in [0.1, 0.15) is 39.3 Å². The Balaban J connectivity index is 1.57. The van der Waals surface area contributed by atoms with E-state index >= 15 is 0 Å². The Hall–Kier alpha value is -4.16. The number of nitrogen functional groups attached to an aromatic ring is 1. The zero-order valence-electron chi connectivity index (χ0n) is 22.0. The second-order valence-electron chi connectivity index (χ2n) is 10.3. The molecule has 3 aromatic rings. The smallest absolute Gasteiger partial charge is 0.382 e.